The van der Waals surface area contributed by atoms with Gasteiger partial charge in [-0.2, -0.15) is 0 Å². The summed E-state index contributed by atoms with van der Waals surface area (Å²) in [5, 5.41) is 50.7. The van der Waals surface area contributed by atoms with Crippen molar-refractivity contribution in [1.82, 2.24) is 0 Å². The molecule has 3 aromatic carbocycles. The third-order valence-corrected chi connectivity index (χ3v) is 5.02. The summed E-state index contributed by atoms with van der Waals surface area (Å²) in [6, 6.07) is 12.4. The molecule has 0 aliphatic heterocycles. The maximum absolute atomic E-state index is 10.9. The van der Waals surface area contributed by atoms with Gasteiger partial charge in [0.15, 0.2) is 0 Å². The van der Waals surface area contributed by atoms with Gasteiger partial charge in [-0.1, -0.05) is 32.9 Å². The molecule has 3 aromatic rings. The standard InChI is InChI=1S/C24H26O5/c1-24(2,3)18-10-16(8-14-12-19(25)4-6-21(14)27)23(29)17(11-18)9-15-13-20(26)5-7-22(15)28/h4-7,10-13,25-29H,8-9H2,1-3H3. The molecule has 5 heteroatoms. The third-order valence-electron chi connectivity index (χ3n) is 5.02. The molecule has 0 saturated heterocycles. The van der Waals surface area contributed by atoms with Crippen LogP contribution in [-0.4, -0.2) is 25.5 Å². The van der Waals surface area contributed by atoms with E-state index in [0.29, 0.717) is 22.3 Å². The van der Waals surface area contributed by atoms with Crippen molar-refractivity contribution in [1.29, 1.82) is 0 Å². The topological polar surface area (TPSA) is 101 Å². The Bertz CT molecular complexity index is 973. The van der Waals surface area contributed by atoms with E-state index in [-0.39, 0.29) is 47.0 Å². The van der Waals surface area contributed by atoms with E-state index in [4.69, 9.17) is 0 Å². The predicted octanol–water partition coefficient (Wildman–Crippen LogP) is 4.69. The Labute approximate surface area is 170 Å². The Morgan fingerprint density at radius 1 is 0.586 bits per heavy atom. The van der Waals surface area contributed by atoms with Gasteiger partial charge in [0.05, 0.1) is 0 Å². The van der Waals surface area contributed by atoms with Gasteiger partial charge in [-0.25, -0.2) is 0 Å². The highest BCUT2D eigenvalue weighted by atomic mass is 16.3. The average Bonchev–Trinajstić information content (AvgIpc) is 2.63. The lowest BCUT2D eigenvalue weighted by molar-refractivity contribution is 0.448. The predicted molar refractivity (Wildman–Crippen MR) is 112 cm³/mol. The van der Waals surface area contributed by atoms with Crippen LogP contribution in [0, 0.1) is 0 Å². The third kappa shape index (κ3) is 4.57. The molecule has 0 radical (unpaired) electrons. The molecule has 3 rings (SSSR count). The number of aromatic hydroxyl groups is 5. The largest absolute Gasteiger partial charge is 0.508 e. The van der Waals surface area contributed by atoms with Crippen molar-refractivity contribution in [3.8, 4) is 28.7 Å². The Morgan fingerprint density at radius 3 is 1.38 bits per heavy atom. The van der Waals surface area contributed by atoms with Crippen LogP contribution in [0.2, 0.25) is 0 Å². The molecule has 0 aliphatic carbocycles. The number of phenolic OH excluding ortho intramolecular Hbond substituents is 5. The molecule has 152 valence electrons. The smallest absolute Gasteiger partial charge is 0.122 e. The molecule has 0 atom stereocenters. The first kappa shape index (κ1) is 20.4. The van der Waals surface area contributed by atoms with Crippen molar-refractivity contribution in [2.45, 2.75) is 39.0 Å². The molecule has 0 unspecified atom stereocenters. The van der Waals surface area contributed by atoms with Gasteiger partial charge in [0.1, 0.15) is 28.7 Å². The summed E-state index contributed by atoms with van der Waals surface area (Å²) in [4.78, 5) is 0. The fraction of sp³-hybridized carbons (Fsp3) is 0.250. The normalized spacial score (nSPS) is 11.6. The zero-order valence-corrected chi connectivity index (χ0v) is 16.8. The number of hydrogen-bond acceptors (Lipinski definition) is 5. The summed E-state index contributed by atoms with van der Waals surface area (Å²) in [5.74, 6) is 0.206. The second-order valence-corrected chi connectivity index (χ2v) is 8.37. The summed E-state index contributed by atoms with van der Waals surface area (Å²) in [6.07, 6.45) is 0.462. The summed E-state index contributed by atoms with van der Waals surface area (Å²) in [6.45, 7) is 6.18. The van der Waals surface area contributed by atoms with E-state index < -0.39 is 0 Å². The molecule has 0 saturated carbocycles. The highest BCUT2D eigenvalue weighted by Gasteiger charge is 2.20. The molecule has 0 spiro atoms. The van der Waals surface area contributed by atoms with Crippen molar-refractivity contribution in [2.75, 3.05) is 0 Å². The Kier molecular flexibility index (Phi) is 5.33. The van der Waals surface area contributed by atoms with Crippen LogP contribution >= 0.6 is 0 Å². The minimum Gasteiger partial charge on any atom is -0.508 e. The molecular weight excluding hydrogens is 368 g/mol. The summed E-state index contributed by atoms with van der Waals surface area (Å²) in [5.41, 5.74) is 2.99. The van der Waals surface area contributed by atoms with Gasteiger partial charge in [0, 0.05) is 24.0 Å². The average molecular weight is 394 g/mol. The molecule has 0 amide bonds. The fourth-order valence-electron chi connectivity index (χ4n) is 3.30. The maximum Gasteiger partial charge on any atom is 0.122 e. The van der Waals surface area contributed by atoms with Gasteiger partial charge in [-0.05, 0) is 58.5 Å². The van der Waals surface area contributed by atoms with E-state index in [2.05, 4.69) is 20.8 Å². The fourth-order valence-corrected chi connectivity index (χ4v) is 3.30. The van der Waals surface area contributed by atoms with Crippen LogP contribution in [0.1, 0.15) is 48.6 Å². The van der Waals surface area contributed by atoms with E-state index >= 15 is 0 Å². The van der Waals surface area contributed by atoms with Crippen LogP contribution in [0.3, 0.4) is 0 Å². The molecule has 0 heterocycles. The van der Waals surface area contributed by atoms with E-state index in [0.717, 1.165) is 5.56 Å². The zero-order chi connectivity index (χ0) is 21.3. The summed E-state index contributed by atoms with van der Waals surface area (Å²) in [7, 11) is 0. The van der Waals surface area contributed by atoms with E-state index in [9.17, 15) is 25.5 Å². The first-order chi connectivity index (χ1) is 13.5. The van der Waals surface area contributed by atoms with Gasteiger partial charge >= 0.3 is 0 Å². The lowest BCUT2D eigenvalue weighted by Crippen LogP contribution is -2.13. The second kappa shape index (κ2) is 7.59. The Balaban J connectivity index is 2.10. The molecule has 0 bridgehead atoms. The number of benzene rings is 3. The summed E-state index contributed by atoms with van der Waals surface area (Å²) < 4.78 is 0. The number of rotatable bonds is 4. The van der Waals surface area contributed by atoms with Crippen LogP contribution in [-0.2, 0) is 18.3 Å². The molecule has 5 nitrogen and oxygen atoms in total. The van der Waals surface area contributed by atoms with Gasteiger partial charge in [0.2, 0.25) is 0 Å². The zero-order valence-electron chi connectivity index (χ0n) is 16.8. The van der Waals surface area contributed by atoms with E-state index in [1.807, 2.05) is 12.1 Å². The first-order valence-electron chi connectivity index (χ1n) is 9.41. The van der Waals surface area contributed by atoms with E-state index in [1.165, 1.54) is 36.4 Å². The quantitative estimate of drug-likeness (QED) is 0.413. The highest BCUT2D eigenvalue weighted by molar-refractivity contribution is 5.52. The van der Waals surface area contributed by atoms with Crippen molar-refractivity contribution in [2.24, 2.45) is 0 Å². The van der Waals surface area contributed by atoms with Crippen molar-refractivity contribution in [3.63, 3.8) is 0 Å². The molecule has 5 N–H and O–H groups in total. The van der Waals surface area contributed by atoms with Crippen molar-refractivity contribution >= 4 is 0 Å². The lowest BCUT2D eigenvalue weighted by atomic mass is 9.83. The minimum atomic E-state index is -0.195. The van der Waals surface area contributed by atoms with Gasteiger partial charge < -0.3 is 25.5 Å². The molecule has 0 aromatic heterocycles. The number of phenols is 5. The Hall–Kier alpha value is -3.34. The van der Waals surface area contributed by atoms with Crippen LogP contribution in [0.5, 0.6) is 28.7 Å². The van der Waals surface area contributed by atoms with Crippen LogP contribution in [0.25, 0.3) is 0 Å². The molecule has 29 heavy (non-hydrogen) atoms. The van der Waals surface area contributed by atoms with Crippen molar-refractivity contribution < 1.29 is 25.5 Å². The van der Waals surface area contributed by atoms with Crippen molar-refractivity contribution in [3.05, 3.63) is 76.3 Å². The first-order valence-corrected chi connectivity index (χ1v) is 9.41. The van der Waals surface area contributed by atoms with Crippen LogP contribution in [0.4, 0.5) is 0 Å². The van der Waals surface area contributed by atoms with Gasteiger partial charge in [-0.3, -0.25) is 0 Å². The molecule has 0 aliphatic rings. The lowest BCUT2D eigenvalue weighted by Gasteiger charge is -2.23. The monoisotopic (exact) mass is 394 g/mol. The highest BCUT2D eigenvalue weighted by Crippen LogP contribution is 2.36. The van der Waals surface area contributed by atoms with Crippen LogP contribution in [0.15, 0.2) is 48.5 Å². The molecule has 0 fully saturated rings. The van der Waals surface area contributed by atoms with Gasteiger partial charge in [-0.15, -0.1) is 0 Å². The second-order valence-electron chi connectivity index (χ2n) is 8.37. The number of hydrogen-bond donors (Lipinski definition) is 5. The maximum atomic E-state index is 10.9. The summed E-state index contributed by atoms with van der Waals surface area (Å²) >= 11 is 0. The minimum absolute atomic E-state index is 0.0363. The van der Waals surface area contributed by atoms with E-state index in [1.54, 1.807) is 0 Å². The van der Waals surface area contributed by atoms with Crippen LogP contribution < -0.4 is 0 Å². The SMILES string of the molecule is CC(C)(C)c1cc(Cc2cc(O)ccc2O)c(O)c(Cc2cc(O)ccc2O)c1. The Morgan fingerprint density at radius 2 is 1.00 bits per heavy atom. The van der Waals surface area contributed by atoms with Gasteiger partial charge in [0.25, 0.3) is 0 Å². The molecular formula is C24H26O5.